The molecule has 214 valence electrons. The number of amides is 1. The van der Waals surface area contributed by atoms with Gasteiger partial charge in [-0.05, 0) is 81.4 Å². The quantitative estimate of drug-likeness (QED) is 0.392. The molecule has 3 saturated carbocycles. The number of imidazole rings is 1. The summed E-state index contributed by atoms with van der Waals surface area (Å²) in [6, 6.07) is 4.03. The van der Waals surface area contributed by atoms with Crippen molar-refractivity contribution in [3.05, 3.63) is 64.0 Å². The van der Waals surface area contributed by atoms with E-state index in [9.17, 15) is 19.4 Å². The summed E-state index contributed by atoms with van der Waals surface area (Å²) < 4.78 is 32.5. The Morgan fingerprint density at radius 3 is 2.40 bits per heavy atom. The number of aliphatic hydroxyl groups is 2. The highest BCUT2D eigenvalue weighted by Crippen LogP contribution is 2.57. The van der Waals surface area contributed by atoms with Crippen LogP contribution in [0.15, 0.2) is 24.5 Å². The number of aromatic nitrogens is 4. The van der Waals surface area contributed by atoms with E-state index in [1.807, 2.05) is 0 Å². The molecular weight excluding hydrogens is 540 g/mol. The van der Waals surface area contributed by atoms with E-state index in [0.29, 0.717) is 61.3 Å². The molecule has 0 spiro atoms. The molecule has 1 amide bonds. The smallest absolute Gasteiger partial charge is 0.274 e. The number of aryl methyl sites for hydroxylation is 2. The molecular formula is C29H34ClF2N5O3. The van der Waals surface area contributed by atoms with Crippen LogP contribution in [-0.2, 0) is 19.7 Å². The second-order valence-corrected chi connectivity index (χ2v) is 12.4. The summed E-state index contributed by atoms with van der Waals surface area (Å²) in [7, 11) is 3.45. The average molecular weight is 574 g/mol. The van der Waals surface area contributed by atoms with Gasteiger partial charge in [0.05, 0.1) is 23.1 Å². The number of hydrogen-bond acceptors (Lipinski definition) is 5. The predicted octanol–water partition coefficient (Wildman–Crippen LogP) is 5.15. The summed E-state index contributed by atoms with van der Waals surface area (Å²) in [5.41, 5.74) is 0.874. The van der Waals surface area contributed by atoms with Crippen molar-refractivity contribution in [1.29, 1.82) is 0 Å². The van der Waals surface area contributed by atoms with Crippen LogP contribution in [0.4, 0.5) is 14.5 Å². The minimum Gasteiger partial charge on any atom is -0.393 e. The maximum atomic E-state index is 15.8. The van der Waals surface area contributed by atoms with Gasteiger partial charge >= 0.3 is 0 Å². The summed E-state index contributed by atoms with van der Waals surface area (Å²) >= 11 is 5.87. The summed E-state index contributed by atoms with van der Waals surface area (Å²) in [4.78, 5) is 17.8. The highest BCUT2D eigenvalue weighted by Gasteiger charge is 2.53. The number of aliphatic hydroxyl groups excluding tert-OH is 1. The zero-order valence-electron chi connectivity index (χ0n) is 22.6. The van der Waals surface area contributed by atoms with Crippen molar-refractivity contribution < 1.29 is 23.8 Å². The molecule has 0 saturated heterocycles. The molecule has 0 bridgehead atoms. The van der Waals surface area contributed by atoms with Crippen LogP contribution >= 0.6 is 11.6 Å². The van der Waals surface area contributed by atoms with Crippen molar-refractivity contribution in [2.75, 3.05) is 5.32 Å². The third-order valence-corrected chi connectivity index (χ3v) is 9.61. The first kappa shape index (κ1) is 27.4. The molecule has 3 aliphatic rings. The van der Waals surface area contributed by atoms with Gasteiger partial charge in [-0.2, -0.15) is 5.10 Å². The maximum Gasteiger partial charge on any atom is 0.274 e. The molecule has 3 fully saturated rings. The minimum atomic E-state index is -1.30. The van der Waals surface area contributed by atoms with Gasteiger partial charge in [0.15, 0.2) is 5.82 Å². The van der Waals surface area contributed by atoms with Gasteiger partial charge in [-0.3, -0.25) is 9.48 Å². The molecule has 1 aromatic carbocycles. The van der Waals surface area contributed by atoms with Crippen molar-refractivity contribution in [3.8, 4) is 0 Å². The van der Waals surface area contributed by atoms with E-state index in [2.05, 4.69) is 15.4 Å². The van der Waals surface area contributed by atoms with Crippen LogP contribution in [0, 0.1) is 23.5 Å². The van der Waals surface area contributed by atoms with Crippen LogP contribution in [0.5, 0.6) is 0 Å². The molecule has 2 unspecified atom stereocenters. The van der Waals surface area contributed by atoms with Gasteiger partial charge in [0.1, 0.15) is 28.5 Å². The number of halogens is 3. The second kappa shape index (κ2) is 10.2. The lowest BCUT2D eigenvalue weighted by atomic mass is 9.84. The van der Waals surface area contributed by atoms with Crippen molar-refractivity contribution >= 4 is 23.2 Å². The Balaban J connectivity index is 1.17. The number of hydrogen-bond donors (Lipinski definition) is 3. The standard InChI is InChI=1S/C29H34ClF2N5O3/c1-36-14-33-25(26(36)28(39)34-19-5-8-22(31)21(30)11-19)16-9-17-12-29(40,13-18(17)10-16)27-23(32)24(35-37(27)2)15-3-6-20(38)7-4-15/h5,8,11,14-18,20,38,40H,3-4,6-7,9-10,12-13H2,1-2H3,(H,34,39). The Labute approximate surface area is 236 Å². The lowest BCUT2D eigenvalue weighted by molar-refractivity contribution is 0.0227. The molecule has 40 heavy (non-hydrogen) atoms. The number of nitrogens with zero attached hydrogens (tertiary/aromatic N) is 4. The van der Waals surface area contributed by atoms with E-state index in [-0.39, 0.29) is 46.4 Å². The number of carbonyl (C=O) groups is 1. The molecule has 0 aliphatic heterocycles. The minimum absolute atomic E-state index is 0.0268. The Morgan fingerprint density at radius 2 is 1.75 bits per heavy atom. The van der Waals surface area contributed by atoms with Crippen molar-refractivity contribution in [1.82, 2.24) is 19.3 Å². The van der Waals surface area contributed by atoms with Crippen LogP contribution < -0.4 is 5.32 Å². The number of carbonyl (C=O) groups excluding carboxylic acids is 1. The number of rotatable bonds is 5. The van der Waals surface area contributed by atoms with Gasteiger partial charge in [-0.1, -0.05) is 11.6 Å². The van der Waals surface area contributed by atoms with E-state index in [4.69, 9.17) is 11.6 Å². The van der Waals surface area contributed by atoms with Crippen molar-refractivity contribution in [2.24, 2.45) is 25.9 Å². The van der Waals surface area contributed by atoms with Crippen molar-refractivity contribution in [3.63, 3.8) is 0 Å². The topological polar surface area (TPSA) is 105 Å². The Kier molecular flexibility index (Phi) is 6.99. The van der Waals surface area contributed by atoms with Crippen LogP contribution in [0.25, 0.3) is 0 Å². The number of benzene rings is 1. The fourth-order valence-corrected chi connectivity index (χ4v) is 7.68. The fourth-order valence-electron chi connectivity index (χ4n) is 7.50. The lowest BCUT2D eigenvalue weighted by Gasteiger charge is -2.26. The van der Waals surface area contributed by atoms with Crippen LogP contribution in [-0.4, -0.2) is 41.6 Å². The third-order valence-electron chi connectivity index (χ3n) is 9.32. The van der Waals surface area contributed by atoms with Crippen LogP contribution in [0.2, 0.25) is 5.02 Å². The summed E-state index contributed by atoms with van der Waals surface area (Å²) in [6.07, 6.45) is 6.25. The highest BCUT2D eigenvalue weighted by molar-refractivity contribution is 6.31. The third kappa shape index (κ3) is 4.73. The Morgan fingerprint density at radius 1 is 1.07 bits per heavy atom. The van der Waals surface area contributed by atoms with Gasteiger partial charge in [0.2, 0.25) is 0 Å². The highest BCUT2D eigenvalue weighted by atomic mass is 35.5. The first-order valence-electron chi connectivity index (χ1n) is 13.9. The summed E-state index contributed by atoms with van der Waals surface area (Å²) in [5.74, 6) is -1.03. The first-order valence-corrected chi connectivity index (χ1v) is 14.3. The average Bonchev–Trinajstić information content (AvgIpc) is 3.62. The predicted molar refractivity (Wildman–Crippen MR) is 145 cm³/mol. The number of anilines is 1. The molecule has 2 heterocycles. The van der Waals surface area contributed by atoms with Crippen LogP contribution in [0.3, 0.4) is 0 Å². The number of nitrogens with one attached hydrogen (secondary N) is 1. The van der Waals surface area contributed by atoms with Gasteiger partial charge in [0, 0.05) is 31.6 Å². The first-order chi connectivity index (χ1) is 19.0. The van der Waals surface area contributed by atoms with E-state index >= 15 is 4.39 Å². The number of fused-ring (bicyclic) bond motifs is 1. The molecule has 11 heteroatoms. The SMILES string of the molecule is Cn1cnc(C2CC3CC(O)(c4c(F)c(C5CCC(O)CC5)nn4C)CC3C2)c1C(=O)Nc1ccc(F)c(Cl)c1. The largest absolute Gasteiger partial charge is 0.393 e. The van der Waals surface area contributed by atoms with E-state index in [1.165, 1.54) is 22.9 Å². The monoisotopic (exact) mass is 573 g/mol. The molecule has 6 rings (SSSR count). The molecule has 8 nitrogen and oxygen atoms in total. The summed E-state index contributed by atoms with van der Waals surface area (Å²) in [5, 5.41) is 28.8. The van der Waals surface area contributed by atoms with E-state index in [1.54, 1.807) is 25.0 Å². The molecule has 3 aromatic rings. The Hall–Kier alpha value is -2.82. The molecule has 2 aromatic heterocycles. The molecule has 3 aliphatic carbocycles. The van der Waals surface area contributed by atoms with Gasteiger partial charge < -0.3 is 20.1 Å². The van der Waals surface area contributed by atoms with Crippen molar-refractivity contribution in [2.45, 2.75) is 74.9 Å². The maximum absolute atomic E-state index is 15.8. The normalized spacial score (nSPS) is 30.0. The lowest BCUT2D eigenvalue weighted by Crippen LogP contribution is -2.27. The molecule has 0 radical (unpaired) electrons. The van der Waals surface area contributed by atoms with E-state index in [0.717, 1.165) is 12.8 Å². The van der Waals surface area contributed by atoms with Gasteiger partial charge in [-0.15, -0.1) is 0 Å². The van der Waals surface area contributed by atoms with E-state index < -0.39 is 17.2 Å². The molecule has 2 atom stereocenters. The van der Waals surface area contributed by atoms with Gasteiger partial charge in [0.25, 0.3) is 5.91 Å². The fraction of sp³-hybridized carbons (Fsp3) is 0.552. The zero-order chi connectivity index (χ0) is 28.3. The second-order valence-electron chi connectivity index (χ2n) is 12.0. The van der Waals surface area contributed by atoms with Gasteiger partial charge in [-0.25, -0.2) is 13.8 Å². The molecule has 3 N–H and O–H groups in total. The Bertz CT molecular complexity index is 1430. The summed E-state index contributed by atoms with van der Waals surface area (Å²) in [6.45, 7) is 0. The van der Waals surface area contributed by atoms with Crippen LogP contribution in [0.1, 0.15) is 90.8 Å². The zero-order valence-corrected chi connectivity index (χ0v) is 23.3.